The summed E-state index contributed by atoms with van der Waals surface area (Å²) in [5.41, 5.74) is 2.54. The minimum absolute atomic E-state index is 0.163. The molecule has 2 aromatic rings. The van der Waals surface area contributed by atoms with Gasteiger partial charge in [-0.25, -0.2) is 0 Å². The third-order valence-electron chi connectivity index (χ3n) is 3.70. The van der Waals surface area contributed by atoms with Crippen molar-refractivity contribution >= 4 is 23.2 Å². The highest BCUT2D eigenvalue weighted by Crippen LogP contribution is 2.29. The largest absolute Gasteiger partial charge is 0.490 e. The zero-order chi connectivity index (χ0) is 19.1. The molecule has 2 rings (SSSR count). The number of anilines is 2. The van der Waals surface area contributed by atoms with E-state index in [0.717, 1.165) is 5.56 Å². The summed E-state index contributed by atoms with van der Waals surface area (Å²) in [6.07, 6.45) is 0. The van der Waals surface area contributed by atoms with Gasteiger partial charge in [0.1, 0.15) is 0 Å². The molecule has 6 heteroatoms. The average molecular weight is 356 g/mol. The van der Waals surface area contributed by atoms with Crippen molar-refractivity contribution in [3.63, 3.8) is 0 Å². The first-order valence-corrected chi connectivity index (χ1v) is 8.54. The Kier molecular flexibility index (Phi) is 6.60. The Bertz CT molecular complexity index is 802. The van der Waals surface area contributed by atoms with Gasteiger partial charge in [0.15, 0.2) is 11.5 Å². The summed E-state index contributed by atoms with van der Waals surface area (Å²) in [6, 6.07) is 10.4. The van der Waals surface area contributed by atoms with Crippen molar-refractivity contribution in [2.24, 2.45) is 0 Å². The Morgan fingerprint density at radius 1 is 0.923 bits per heavy atom. The summed E-state index contributed by atoms with van der Waals surface area (Å²) in [7, 11) is 0. The second kappa shape index (κ2) is 8.89. The van der Waals surface area contributed by atoms with E-state index in [2.05, 4.69) is 10.6 Å². The van der Waals surface area contributed by atoms with Gasteiger partial charge in [0.2, 0.25) is 5.91 Å². The van der Waals surface area contributed by atoms with Crippen molar-refractivity contribution in [1.82, 2.24) is 0 Å². The molecule has 0 saturated carbocycles. The molecular weight excluding hydrogens is 332 g/mol. The summed E-state index contributed by atoms with van der Waals surface area (Å²) in [5.74, 6) is 0.710. The smallest absolute Gasteiger partial charge is 0.255 e. The summed E-state index contributed by atoms with van der Waals surface area (Å²) < 4.78 is 11.1. The van der Waals surface area contributed by atoms with E-state index in [4.69, 9.17) is 9.47 Å². The van der Waals surface area contributed by atoms with E-state index >= 15 is 0 Å². The van der Waals surface area contributed by atoms with Gasteiger partial charge in [-0.2, -0.15) is 0 Å². The normalized spacial score (nSPS) is 10.2. The summed E-state index contributed by atoms with van der Waals surface area (Å²) in [5, 5.41) is 5.62. The van der Waals surface area contributed by atoms with Gasteiger partial charge >= 0.3 is 0 Å². The van der Waals surface area contributed by atoms with Gasteiger partial charge in [0.05, 0.1) is 13.2 Å². The zero-order valence-electron chi connectivity index (χ0n) is 15.5. The van der Waals surface area contributed by atoms with E-state index < -0.39 is 0 Å². The molecule has 0 atom stereocenters. The van der Waals surface area contributed by atoms with Crippen LogP contribution < -0.4 is 20.1 Å². The van der Waals surface area contributed by atoms with Gasteiger partial charge in [0, 0.05) is 23.9 Å². The quantitative estimate of drug-likeness (QED) is 0.786. The number of hydrogen-bond donors (Lipinski definition) is 2. The second-order valence-corrected chi connectivity index (χ2v) is 5.64. The molecule has 26 heavy (non-hydrogen) atoms. The minimum atomic E-state index is -0.267. The molecule has 0 saturated heterocycles. The van der Waals surface area contributed by atoms with Gasteiger partial charge in [-0.05, 0) is 56.7 Å². The van der Waals surface area contributed by atoms with Crippen LogP contribution in [0.1, 0.15) is 36.7 Å². The van der Waals surface area contributed by atoms with Crippen LogP contribution in [0.5, 0.6) is 11.5 Å². The summed E-state index contributed by atoms with van der Waals surface area (Å²) >= 11 is 0. The van der Waals surface area contributed by atoms with Gasteiger partial charge < -0.3 is 20.1 Å². The molecule has 0 unspecified atom stereocenters. The highest BCUT2D eigenvalue weighted by Gasteiger charge is 2.13. The first kappa shape index (κ1) is 19.3. The molecule has 2 amide bonds. The molecule has 0 aliphatic carbocycles. The molecule has 6 nitrogen and oxygen atoms in total. The maximum atomic E-state index is 12.6. The number of rotatable bonds is 7. The molecule has 0 spiro atoms. The van der Waals surface area contributed by atoms with Gasteiger partial charge in [-0.1, -0.05) is 6.07 Å². The average Bonchev–Trinajstić information content (AvgIpc) is 2.60. The van der Waals surface area contributed by atoms with Crippen LogP contribution in [0.3, 0.4) is 0 Å². The first-order chi connectivity index (χ1) is 12.5. The molecule has 2 aromatic carbocycles. The van der Waals surface area contributed by atoms with Crippen molar-refractivity contribution in [2.45, 2.75) is 27.7 Å². The standard InChI is InChI=1S/C20H24N2O4/c1-5-25-18-11-10-15(12-19(18)26-6-2)20(24)22-17-9-7-8-16(13(17)3)21-14(4)23/h7-12H,5-6H2,1-4H3,(H,21,23)(H,22,24). The Balaban J connectivity index is 2.25. The SMILES string of the molecule is CCOc1ccc(C(=O)Nc2cccc(NC(C)=O)c2C)cc1OCC. The first-order valence-electron chi connectivity index (χ1n) is 8.54. The van der Waals surface area contributed by atoms with Crippen molar-refractivity contribution in [3.8, 4) is 11.5 Å². The van der Waals surface area contributed by atoms with Crippen LogP contribution in [0.15, 0.2) is 36.4 Å². The summed E-state index contributed by atoms with van der Waals surface area (Å²) in [6.45, 7) is 8.04. The molecule has 0 aliphatic heterocycles. The lowest BCUT2D eigenvalue weighted by Gasteiger charge is -2.14. The minimum Gasteiger partial charge on any atom is -0.490 e. The van der Waals surface area contributed by atoms with Crippen LogP contribution in [0.2, 0.25) is 0 Å². The van der Waals surface area contributed by atoms with Crippen LogP contribution in [-0.4, -0.2) is 25.0 Å². The van der Waals surface area contributed by atoms with E-state index in [-0.39, 0.29) is 11.8 Å². The molecule has 2 N–H and O–H groups in total. The maximum absolute atomic E-state index is 12.6. The lowest BCUT2D eigenvalue weighted by molar-refractivity contribution is -0.114. The number of benzene rings is 2. The summed E-state index contributed by atoms with van der Waals surface area (Å²) in [4.78, 5) is 23.9. The number of hydrogen-bond acceptors (Lipinski definition) is 4. The van der Waals surface area contributed by atoms with Gasteiger partial charge in [-0.15, -0.1) is 0 Å². The molecule has 0 bridgehead atoms. The molecular formula is C20H24N2O4. The molecule has 0 aliphatic rings. The fraction of sp³-hybridized carbons (Fsp3) is 0.300. The third kappa shape index (κ3) is 4.75. The molecule has 0 fully saturated rings. The highest BCUT2D eigenvalue weighted by molar-refractivity contribution is 6.05. The van der Waals surface area contributed by atoms with Crippen molar-refractivity contribution < 1.29 is 19.1 Å². The second-order valence-electron chi connectivity index (χ2n) is 5.64. The van der Waals surface area contributed by atoms with Crippen molar-refractivity contribution in [3.05, 3.63) is 47.5 Å². The van der Waals surface area contributed by atoms with Gasteiger partial charge in [0.25, 0.3) is 5.91 Å². The topological polar surface area (TPSA) is 76.7 Å². The maximum Gasteiger partial charge on any atom is 0.255 e. The van der Waals surface area contributed by atoms with Crippen LogP contribution in [-0.2, 0) is 4.79 Å². The number of ether oxygens (including phenoxy) is 2. The van der Waals surface area contributed by atoms with E-state index in [0.29, 0.717) is 41.7 Å². The van der Waals surface area contributed by atoms with Crippen LogP contribution in [0, 0.1) is 6.92 Å². The zero-order valence-corrected chi connectivity index (χ0v) is 15.5. The predicted molar refractivity (Wildman–Crippen MR) is 102 cm³/mol. The van der Waals surface area contributed by atoms with Crippen LogP contribution in [0.25, 0.3) is 0 Å². The van der Waals surface area contributed by atoms with E-state index in [1.165, 1.54) is 6.92 Å². The van der Waals surface area contributed by atoms with E-state index in [1.54, 1.807) is 36.4 Å². The molecule has 0 radical (unpaired) electrons. The molecule has 0 aromatic heterocycles. The van der Waals surface area contributed by atoms with Crippen LogP contribution in [0.4, 0.5) is 11.4 Å². The number of carbonyl (C=O) groups is 2. The Labute approximate surface area is 153 Å². The monoisotopic (exact) mass is 356 g/mol. The van der Waals surface area contributed by atoms with Gasteiger partial charge in [-0.3, -0.25) is 9.59 Å². The highest BCUT2D eigenvalue weighted by atomic mass is 16.5. The van der Waals surface area contributed by atoms with E-state index in [9.17, 15) is 9.59 Å². The Hall–Kier alpha value is -3.02. The Morgan fingerprint density at radius 3 is 2.15 bits per heavy atom. The lowest BCUT2D eigenvalue weighted by atomic mass is 10.1. The Morgan fingerprint density at radius 2 is 1.54 bits per heavy atom. The molecule has 0 heterocycles. The number of nitrogens with one attached hydrogen (secondary N) is 2. The number of carbonyl (C=O) groups excluding carboxylic acids is 2. The molecule has 138 valence electrons. The van der Waals surface area contributed by atoms with Crippen molar-refractivity contribution in [2.75, 3.05) is 23.8 Å². The fourth-order valence-electron chi connectivity index (χ4n) is 2.48. The lowest BCUT2D eigenvalue weighted by Crippen LogP contribution is -2.14. The number of amides is 2. The van der Waals surface area contributed by atoms with Crippen LogP contribution >= 0.6 is 0 Å². The fourth-order valence-corrected chi connectivity index (χ4v) is 2.48. The van der Waals surface area contributed by atoms with E-state index in [1.807, 2.05) is 20.8 Å². The third-order valence-corrected chi connectivity index (χ3v) is 3.70. The predicted octanol–water partition coefficient (Wildman–Crippen LogP) is 4.00. The van der Waals surface area contributed by atoms with Crippen molar-refractivity contribution in [1.29, 1.82) is 0 Å².